The molecular weight excluding hydrogens is 322 g/mol. The number of benzene rings is 2. The minimum atomic E-state index is -0.511. The number of ether oxygens (including phenoxy) is 1. The van der Waals surface area contributed by atoms with Crippen molar-refractivity contribution in [3.8, 4) is 5.75 Å². The van der Waals surface area contributed by atoms with E-state index in [-0.39, 0.29) is 5.92 Å². The van der Waals surface area contributed by atoms with Crippen LogP contribution in [0, 0.1) is 0 Å². The molecule has 0 aliphatic carbocycles. The van der Waals surface area contributed by atoms with E-state index in [0.29, 0.717) is 0 Å². The lowest BCUT2D eigenvalue weighted by atomic mass is 9.88. The van der Waals surface area contributed by atoms with Gasteiger partial charge in [0.15, 0.2) is 0 Å². The summed E-state index contributed by atoms with van der Waals surface area (Å²) in [7, 11) is 0. The zero-order valence-corrected chi connectivity index (χ0v) is 15.8. The summed E-state index contributed by atoms with van der Waals surface area (Å²) in [4.78, 5) is 2.48. The van der Waals surface area contributed by atoms with Crippen LogP contribution in [0.25, 0.3) is 0 Å². The van der Waals surface area contributed by atoms with Gasteiger partial charge in [-0.2, -0.15) is 0 Å². The fourth-order valence-corrected chi connectivity index (χ4v) is 3.66. The summed E-state index contributed by atoms with van der Waals surface area (Å²) in [5.41, 5.74) is 2.16. The van der Waals surface area contributed by atoms with Crippen LogP contribution in [0.1, 0.15) is 55.8 Å². The average Bonchev–Trinajstić information content (AvgIpc) is 3.20. The molecule has 0 bridgehead atoms. The topological polar surface area (TPSA) is 32.7 Å². The predicted molar refractivity (Wildman–Crippen MR) is 107 cm³/mol. The molecule has 2 atom stereocenters. The van der Waals surface area contributed by atoms with E-state index in [0.717, 1.165) is 50.4 Å². The number of likely N-dealkylation sites (tertiary alicyclic amines) is 1. The first-order chi connectivity index (χ1) is 12.8. The van der Waals surface area contributed by atoms with Crippen molar-refractivity contribution in [3.05, 3.63) is 65.7 Å². The molecule has 1 aliphatic rings. The van der Waals surface area contributed by atoms with Crippen molar-refractivity contribution in [2.45, 2.75) is 44.6 Å². The smallest absolute Gasteiger partial charge is 0.119 e. The number of aliphatic hydroxyl groups is 1. The van der Waals surface area contributed by atoms with Gasteiger partial charge in [0.05, 0.1) is 12.7 Å². The first-order valence-electron chi connectivity index (χ1n) is 9.96. The fraction of sp³-hybridized carbons (Fsp3) is 0.478. The standard InChI is InChI=1S/C23H31NO2/c1-2-3-17-26-21-13-11-20(12-14-21)23(25)22(18-24-15-7-8-16-24)19-9-5-4-6-10-19/h4-6,9-14,22-23,25H,2-3,7-8,15-18H2,1H3. The molecular formula is C23H31NO2. The monoisotopic (exact) mass is 353 g/mol. The zero-order valence-electron chi connectivity index (χ0n) is 15.8. The Kier molecular flexibility index (Phi) is 7.10. The van der Waals surface area contributed by atoms with Crippen LogP contribution in [0.5, 0.6) is 5.75 Å². The van der Waals surface area contributed by atoms with Gasteiger partial charge in [0, 0.05) is 12.5 Å². The van der Waals surface area contributed by atoms with Crippen molar-refractivity contribution in [3.63, 3.8) is 0 Å². The van der Waals surface area contributed by atoms with Crippen LogP contribution >= 0.6 is 0 Å². The molecule has 2 unspecified atom stereocenters. The molecule has 1 fully saturated rings. The van der Waals surface area contributed by atoms with E-state index in [1.165, 1.54) is 18.4 Å². The molecule has 0 radical (unpaired) electrons. The summed E-state index contributed by atoms with van der Waals surface area (Å²) < 4.78 is 5.74. The maximum absolute atomic E-state index is 11.1. The molecule has 1 aliphatic heterocycles. The lowest BCUT2D eigenvalue weighted by molar-refractivity contribution is 0.123. The van der Waals surface area contributed by atoms with Crippen molar-refractivity contribution < 1.29 is 9.84 Å². The second kappa shape index (κ2) is 9.75. The van der Waals surface area contributed by atoms with Gasteiger partial charge >= 0.3 is 0 Å². The normalized spacial score (nSPS) is 17.2. The van der Waals surface area contributed by atoms with Gasteiger partial charge in [-0.3, -0.25) is 0 Å². The van der Waals surface area contributed by atoms with Gasteiger partial charge in [-0.05, 0) is 55.6 Å². The Morgan fingerprint density at radius 3 is 2.31 bits per heavy atom. The van der Waals surface area contributed by atoms with Gasteiger partial charge in [-0.1, -0.05) is 55.8 Å². The van der Waals surface area contributed by atoms with E-state index in [1.54, 1.807) is 0 Å². The van der Waals surface area contributed by atoms with E-state index in [4.69, 9.17) is 4.74 Å². The predicted octanol–water partition coefficient (Wildman–Crippen LogP) is 4.78. The van der Waals surface area contributed by atoms with Crippen molar-refractivity contribution in [1.29, 1.82) is 0 Å². The van der Waals surface area contributed by atoms with E-state index in [1.807, 2.05) is 30.3 Å². The van der Waals surface area contributed by atoms with Crippen LogP contribution in [0.15, 0.2) is 54.6 Å². The molecule has 0 aromatic heterocycles. The molecule has 0 amide bonds. The van der Waals surface area contributed by atoms with Crippen LogP contribution in [0.2, 0.25) is 0 Å². The Morgan fingerprint density at radius 2 is 1.65 bits per heavy atom. The van der Waals surface area contributed by atoms with E-state index < -0.39 is 6.10 Å². The second-order valence-electron chi connectivity index (χ2n) is 7.24. The van der Waals surface area contributed by atoms with E-state index >= 15 is 0 Å². The summed E-state index contributed by atoms with van der Waals surface area (Å²) >= 11 is 0. The van der Waals surface area contributed by atoms with Crippen LogP contribution in [0.3, 0.4) is 0 Å². The molecule has 3 rings (SSSR count). The zero-order chi connectivity index (χ0) is 18.2. The minimum Gasteiger partial charge on any atom is -0.494 e. The summed E-state index contributed by atoms with van der Waals surface area (Å²) in [5.74, 6) is 0.964. The lowest BCUT2D eigenvalue weighted by Gasteiger charge is -2.28. The number of rotatable bonds is 9. The van der Waals surface area contributed by atoms with Crippen molar-refractivity contribution in [1.82, 2.24) is 4.90 Å². The van der Waals surface area contributed by atoms with Gasteiger partial charge in [-0.15, -0.1) is 0 Å². The fourth-order valence-electron chi connectivity index (χ4n) is 3.66. The Hall–Kier alpha value is -1.84. The summed E-state index contributed by atoms with van der Waals surface area (Å²) in [6.07, 6.45) is 4.22. The Bertz CT molecular complexity index is 635. The largest absolute Gasteiger partial charge is 0.494 e. The first-order valence-corrected chi connectivity index (χ1v) is 9.96. The highest BCUT2D eigenvalue weighted by Gasteiger charge is 2.26. The molecule has 1 saturated heterocycles. The summed E-state index contributed by atoms with van der Waals surface area (Å²) in [6.45, 7) is 6.09. The van der Waals surface area contributed by atoms with Gasteiger partial charge in [0.2, 0.25) is 0 Å². The molecule has 3 heteroatoms. The lowest BCUT2D eigenvalue weighted by Crippen LogP contribution is -2.29. The summed E-state index contributed by atoms with van der Waals surface area (Å²) in [5, 5.41) is 11.1. The quantitative estimate of drug-likeness (QED) is 0.659. The molecule has 2 aromatic carbocycles. The minimum absolute atomic E-state index is 0.0844. The molecule has 1 heterocycles. The molecule has 140 valence electrons. The van der Waals surface area contributed by atoms with Crippen molar-refractivity contribution >= 4 is 0 Å². The SMILES string of the molecule is CCCCOc1ccc(C(O)C(CN2CCCC2)c2ccccc2)cc1. The maximum Gasteiger partial charge on any atom is 0.119 e. The Labute approximate surface area is 157 Å². The number of hydrogen-bond acceptors (Lipinski definition) is 3. The molecule has 2 aromatic rings. The first kappa shape index (κ1) is 18.9. The molecule has 3 nitrogen and oxygen atoms in total. The third-order valence-corrected chi connectivity index (χ3v) is 5.25. The molecule has 1 N–H and O–H groups in total. The van der Waals surface area contributed by atoms with E-state index in [2.05, 4.69) is 36.1 Å². The molecule has 0 saturated carbocycles. The molecule has 0 spiro atoms. The number of hydrogen-bond donors (Lipinski definition) is 1. The highest BCUT2D eigenvalue weighted by atomic mass is 16.5. The van der Waals surface area contributed by atoms with Crippen LogP contribution in [-0.4, -0.2) is 36.2 Å². The van der Waals surface area contributed by atoms with Gasteiger partial charge in [0.1, 0.15) is 5.75 Å². The maximum atomic E-state index is 11.1. The van der Waals surface area contributed by atoms with Gasteiger partial charge in [-0.25, -0.2) is 0 Å². The molecule has 26 heavy (non-hydrogen) atoms. The number of nitrogens with zero attached hydrogens (tertiary/aromatic N) is 1. The third kappa shape index (κ3) is 5.09. The second-order valence-corrected chi connectivity index (χ2v) is 7.24. The average molecular weight is 354 g/mol. The van der Waals surface area contributed by atoms with Gasteiger partial charge < -0.3 is 14.7 Å². The van der Waals surface area contributed by atoms with Crippen molar-refractivity contribution in [2.24, 2.45) is 0 Å². The van der Waals surface area contributed by atoms with E-state index in [9.17, 15) is 5.11 Å². The third-order valence-electron chi connectivity index (χ3n) is 5.25. The van der Waals surface area contributed by atoms with Gasteiger partial charge in [0.25, 0.3) is 0 Å². The number of aliphatic hydroxyl groups excluding tert-OH is 1. The van der Waals surface area contributed by atoms with Crippen LogP contribution in [0.4, 0.5) is 0 Å². The highest BCUT2D eigenvalue weighted by Crippen LogP contribution is 2.33. The Balaban J connectivity index is 1.72. The highest BCUT2D eigenvalue weighted by molar-refractivity contribution is 5.32. The number of unbranched alkanes of at least 4 members (excludes halogenated alkanes) is 1. The van der Waals surface area contributed by atoms with Crippen LogP contribution in [-0.2, 0) is 0 Å². The Morgan fingerprint density at radius 1 is 0.962 bits per heavy atom. The summed E-state index contributed by atoms with van der Waals surface area (Å²) in [6, 6.07) is 18.4. The van der Waals surface area contributed by atoms with Crippen LogP contribution < -0.4 is 4.74 Å². The van der Waals surface area contributed by atoms with Crippen molar-refractivity contribution in [2.75, 3.05) is 26.2 Å².